The molecule has 1 aliphatic rings. The van der Waals surface area contributed by atoms with Crippen LogP contribution in [-0.4, -0.2) is 55.5 Å². The molecule has 1 atom stereocenters. The SMILES string of the molecule is CC(C)CCOCCNC1CCN(C(=O)OC(C)(C)C)C1. The number of ether oxygens (including phenoxy) is 2. The molecule has 1 aliphatic heterocycles. The summed E-state index contributed by atoms with van der Waals surface area (Å²) in [7, 11) is 0. The summed E-state index contributed by atoms with van der Waals surface area (Å²) < 4.78 is 11.0. The minimum Gasteiger partial charge on any atom is -0.444 e. The quantitative estimate of drug-likeness (QED) is 0.734. The first-order valence-corrected chi connectivity index (χ1v) is 8.07. The predicted octanol–water partition coefficient (Wildman–Crippen LogP) is 2.65. The molecule has 5 heteroatoms. The summed E-state index contributed by atoms with van der Waals surface area (Å²) in [4.78, 5) is 13.7. The summed E-state index contributed by atoms with van der Waals surface area (Å²) >= 11 is 0. The van der Waals surface area contributed by atoms with Gasteiger partial charge in [-0.25, -0.2) is 4.79 Å². The lowest BCUT2D eigenvalue weighted by molar-refractivity contribution is 0.0290. The van der Waals surface area contributed by atoms with Crippen molar-refractivity contribution in [1.29, 1.82) is 0 Å². The van der Waals surface area contributed by atoms with Gasteiger partial charge >= 0.3 is 6.09 Å². The minimum absolute atomic E-state index is 0.208. The van der Waals surface area contributed by atoms with Gasteiger partial charge in [0.15, 0.2) is 0 Å². The molecule has 0 aromatic carbocycles. The van der Waals surface area contributed by atoms with E-state index in [0.29, 0.717) is 12.0 Å². The van der Waals surface area contributed by atoms with Crippen LogP contribution >= 0.6 is 0 Å². The molecule has 0 saturated carbocycles. The monoisotopic (exact) mass is 300 g/mol. The lowest BCUT2D eigenvalue weighted by atomic mass is 10.1. The molecule has 1 unspecified atom stereocenters. The molecule has 5 nitrogen and oxygen atoms in total. The van der Waals surface area contributed by atoms with Gasteiger partial charge in [0.05, 0.1) is 6.61 Å². The first-order valence-electron chi connectivity index (χ1n) is 8.07. The van der Waals surface area contributed by atoms with Gasteiger partial charge in [-0.05, 0) is 39.5 Å². The third-order valence-corrected chi connectivity index (χ3v) is 3.36. The fourth-order valence-corrected chi connectivity index (χ4v) is 2.18. The van der Waals surface area contributed by atoms with Crippen molar-refractivity contribution in [1.82, 2.24) is 10.2 Å². The summed E-state index contributed by atoms with van der Waals surface area (Å²) in [5, 5.41) is 3.44. The van der Waals surface area contributed by atoms with E-state index in [1.807, 2.05) is 20.8 Å². The van der Waals surface area contributed by atoms with E-state index in [-0.39, 0.29) is 6.09 Å². The van der Waals surface area contributed by atoms with E-state index in [0.717, 1.165) is 45.7 Å². The molecule has 1 fully saturated rings. The Bertz CT molecular complexity index is 313. The third-order valence-electron chi connectivity index (χ3n) is 3.36. The number of amides is 1. The Morgan fingerprint density at radius 1 is 1.33 bits per heavy atom. The summed E-state index contributed by atoms with van der Waals surface area (Å²) in [6.45, 7) is 14.0. The Labute approximate surface area is 129 Å². The summed E-state index contributed by atoms with van der Waals surface area (Å²) in [5.74, 6) is 0.690. The van der Waals surface area contributed by atoms with Gasteiger partial charge in [0.2, 0.25) is 0 Å². The molecule has 0 bridgehead atoms. The number of hydrogen-bond donors (Lipinski definition) is 1. The molecule has 1 rings (SSSR count). The van der Waals surface area contributed by atoms with Crippen molar-refractivity contribution in [2.75, 3.05) is 32.8 Å². The van der Waals surface area contributed by atoms with Crippen LogP contribution in [0.3, 0.4) is 0 Å². The van der Waals surface area contributed by atoms with Crippen LogP contribution in [-0.2, 0) is 9.47 Å². The first kappa shape index (κ1) is 18.2. The van der Waals surface area contributed by atoms with Crippen molar-refractivity contribution >= 4 is 6.09 Å². The van der Waals surface area contributed by atoms with Crippen LogP contribution < -0.4 is 5.32 Å². The van der Waals surface area contributed by atoms with E-state index in [1.165, 1.54) is 0 Å². The number of likely N-dealkylation sites (tertiary alicyclic amines) is 1. The molecule has 124 valence electrons. The van der Waals surface area contributed by atoms with Gasteiger partial charge in [-0.2, -0.15) is 0 Å². The Morgan fingerprint density at radius 3 is 2.67 bits per heavy atom. The third kappa shape index (κ3) is 8.27. The molecule has 0 aromatic heterocycles. The number of rotatable bonds is 7. The van der Waals surface area contributed by atoms with Crippen LogP contribution in [0.25, 0.3) is 0 Å². The zero-order valence-corrected chi connectivity index (χ0v) is 14.3. The zero-order chi connectivity index (χ0) is 15.9. The highest BCUT2D eigenvalue weighted by molar-refractivity contribution is 5.68. The second-order valence-electron chi connectivity index (χ2n) is 7.16. The van der Waals surface area contributed by atoms with Gasteiger partial charge in [-0.1, -0.05) is 13.8 Å². The van der Waals surface area contributed by atoms with Crippen LogP contribution in [0.2, 0.25) is 0 Å². The fourth-order valence-electron chi connectivity index (χ4n) is 2.18. The van der Waals surface area contributed by atoms with E-state index in [2.05, 4.69) is 19.2 Å². The molecular formula is C16H32N2O3. The lowest BCUT2D eigenvalue weighted by Crippen LogP contribution is -2.39. The minimum atomic E-state index is -0.424. The number of carbonyl (C=O) groups excluding carboxylic acids is 1. The Balaban J connectivity index is 2.10. The van der Waals surface area contributed by atoms with Crippen molar-refractivity contribution in [2.24, 2.45) is 5.92 Å². The highest BCUT2D eigenvalue weighted by Gasteiger charge is 2.29. The molecule has 1 saturated heterocycles. The largest absolute Gasteiger partial charge is 0.444 e. The molecule has 1 N–H and O–H groups in total. The topological polar surface area (TPSA) is 50.8 Å². The van der Waals surface area contributed by atoms with Crippen molar-refractivity contribution in [2.45, 2.75) is 59.1 Å². The summed E-state index contributed by atoms with van der Waals surface area (Å²) in [6, 6.07) is 0.353. The van der Waals surface area contributed by atoms with Gasteiger partial charge in [0.1, 0.15) is 5.60 Å². The zero-order valence-electron chi connectivity index (χ0n) is 14.3. The highest BCUT2D eigenvalue weighted by Crippen LogP contribution is 2.15. The van der Waals surface area contributed by atoms with Gasteiger partial charge in [0.25, 0.3) is 0 Å². The van der Waals surface area contributed by atoms with E-state index in [4.69, 9.17) is 9.47 Å². The molecule has 0 spiro atoms. The maximum atomic E-state index is 11.9. The molecule has 0 radical (unpaired) electrons. The second-order valence-corrected chi connectivity index (χ2v) is 7.16. The van der Waals surface area contributed by atoms with E-state index < -0.39 is 5.60 Å². The molecule has 0 aromatic rings. The number of hydrogen-bond acceptors (Lipinski definition) is 4. The summed E-state index contributed by atoms with van der Waals surface area (Å²) in [6.07, 6.45) is 1.88. The average molecular weight is 300 g/mol. The van der Waals surface area contributed by atoms with Crippen LogP contribution in [0.4, 0.5) is 4.79 Å². The highest BCUT2D eigenvalue weighted by atomic mass is 16.6. The number of nitrogens with one attached hydrogen (secondary N) is 1. The van der Waals surface area contributed by atoms with Crippen LogP contribution in [0.1, 0.15) is 47.5 Å². The normalized spacial score (nSPS) is 19.3. The van der Waals surface area contributed by atoms with Gasteiger partial charge < -0.3 is 19.7 Å². The van der Waals surface area contributed by atoms with Crippen molar-refractivity contribution in [3.05, 3.63) is 0 Å². The lowest BCUT2D eigenvalue weighted by Gasteiger charge is -2.24. The summed E-state index contributed by atoms with van der Waals surface area (Å²) in [5.41, 5.74) is -0.424. The van der Waals surface area contributed by atoms with Gasteiger partial charge in [-0.15, -0.1) is 0 Å². The number of carbonyl (C=O) groups is 1. The van der Waals surface area contributed by atoms with E-state index in [9.17, 15) is 4.79 Å². The van der Waals surface area contributed by atoms with Crippen LogP contribution in [0.15, 0.2) is 0 Å². The Hall–Kier alpha value is -0.810. The standard InChI is InChI=1S/C16H32N2O3/c1-13(2)7-10-20-11-8-17-14-6-9-18(12-14)15(19)21-16(3,4)5/h13-14,17H,6-12H2,1-5H3. The van der Waals surface area contributed by atoms with Crippen LogP contribution in [0.5, 0.6) is 0 Å². The van der Waals surface area contributed by atoms with Gasteiger partial charge in [-0.3, -0.25) is 0 Å². The maximum Gasteiger partial charge on any atom is 0.410 e. The number of nitrogens with zero attached hydrogens (tertiary/aromatic N) is 1. The Morgan fingerprint density at radius 2 is 2.05 bits per heavy atom. The van der Waals surface area contributed by atoms with E-state index >= 15 is 0 Å². The van der Waals surface area contributed by atoms with Crippen molar-refractivity contribution in [3.63, 3.8) is 0 Å². The van der Waals surface area contributed by atoms with Crippen LogP contribution in [0, 0.1) is 5.92 Å². The molecule has 0 aliphatic carbocycles. The van der Waals surface area contributed by atoms with Gasteiger partial charge in [0, 0.05) is 32.3 Å². The van der Waals surface area contributed by atoms with Crippen molar-refractivity contribution < 1.29 is 14.3 Å². The molecular weight excluding hydrogens is 268 g/mol. The maximum absolute atomic E-state index is 11.9. The second kappa shape index (κ2) is 8.59. The van der Waals surface area contributed by atoms with E-state index in [1.54, 1.807) is 4.90 Å². The smallest absolute Gasteiger partial charge is 0.410 e. The fraction of sp³-hybridized carbons (Fsp3) is 0.938. The van der Waals surface area contributed by atoms with Crippen molar-refractivity contribution in [3.8, 4) is 0 Å². The Kier molecular flexibility index (Phi) is 7.46. The molecule has 1 heterocycles. The average Bonchev–Trinajstić information content (AvgIpc) is 2.80. The molecule has 21 heavy (non-hydrogen) atoms. The predicted molar refractivity (Wildman–Crippen MR) is 84.5 cm³/mol. The first-order chi connectivity index (χ1) is 9.78. The molecule has 1 amide bonds.